The lowest BCUT2D eigenvalue weighted by atomic mass is 10.0. The van der Waals surface area contributed by atoms with E-state index >= 15 is 0 Å². The molecule has 1 aromatic rings. The Hall–Kier alpha value is -0.570. The molecule has 2 N–H and O–H groups in total. The molecule has 0 radical (unpaired) electrons. The number of halogens is 1. The highest BCUT2D eigenvalue weighted by Gasteiger charge is 2.10. The Morgan fingerprint density at radius 1 is 1.25 bits per heavy atom. The van der Waals surface area contributed by atoms with Crippen LogP contribution in [0.15, 0.2) is 24.3 Å². The molecule has 0 aliphatic carbocycles. The van der Waals surface area contributed by atoms with Gasteiger partial charge < -0.3 is 10.6 Å². The van der Waals surface area contributed by atoms with Crippen LogP contribution < -0.4 is 5.73 Å². The second-order valence-corrected chi connectivity index (χ2v) is 4.35. The first-order chi connectivity index (χ1) is 7.69. The Morgan fingerprint density at radius 2 is 1.88 bits per heavy atom. The van der Waals surface area contributed by atoms with Crippen molar-refractivity contribution in [2.24, 2.45) is 5.73 Å². The highest BCUT2D eigenvalue weighted by atomic mass is 35.5. The van der Waals surface area contributed by atoms with Crippen LogP contribution >= 0.6 is 11.6 Å². The van der Waals surface area contributed by atoms with Gasteiger partial charge in [0, 0.05) is 11.1 Å². The first-order valence-electron chi connectivity index (χ1n) is 5.91. The lowest BCUT2D eigenvalue weighted by molar-refractivity contribution is 0.291. The summed E-state index contributed by atoms with van der Waals surface area (Å²) in [4.78, 5) is 2.37. The topological polar surface area (TPSA) is 29.3 Å². The summed E-state index contributed by atoms with van der Waals surface area (Å²) in [5.41, 5.74) is 7.19. The maximum absolute atomic E-state index is 6.14. The minimum atomic E-state index is 0.0364. The van der Waals surface area contributed by atoms with Gasteiger partial charge in [0.15, 0.2) is 0 Å². The third-order valence-corrected chi connectivity index (χ3v) is 3.30. The Labute approximate surface area is 103 Å². The van der Waals surface area contributed by atoms with Gasteiger partial charge in [-0.25, -0.2) is 0 Å². The van der Waals surface area contributed by atoms with Gasteiger partial charge in [0.1, 0.15) is 0 Å². The van der Waals surface area contributed by atoms with Gasteiger partial charge in [-0.2, -0.15) is 0 Å². The molecule has 90 valence electrons. The van der Waals surface area contributed by atoms with Crippen molar-refractivity contribution in [2.75, 3.05) is 19.6 Å². The first-order valence-corrected chi connectivity index (χ1v) is 6.29. The second kappa shape index (κ2) is 6.89. The molecule has 1 aromatic carbocycles. The number of nitrogens with zero attached hydrogens (tertiary/aromatic N) is 1. The van der Waals surface area contributed by atoms with Gasteiger partial charge in [-0.1, -0.05) is 43.6 Å². The molecule has 0 amide bonds. The van der Waals surface area contributed by atoms with E-state index < -0.39 is 0 Å². The van der Waals surface area contributed by atoms with Gasteiger partial charge in [-0.15, -0.1) is 0 Å². The SMILES string of the molecule is CCN(CC)CCC(N)c1ccccc1Cl. The van der Waals surface area contributed by atoms with E-state index in [1.165, 1.54) is 0 Å². The van der Waals surface area contributed by atoms with Gasteiger partial charge in [0.05, 0.1) is 0 Å². The van der Waals surface area contributed by atoms with Gasteiger partial charge in [-0.3, -0.25) is 0 Å². The van der Waals surface area contributed by atoms with Crippen LogP contribution in [0.4, 0.5) is 0 Å². The van der Waals surface area contributed by atoms with E-state index in [2.05, 4.69) is 18.7 Å². The molecule has 0 bridgehead atoms. The standard InChI is InChI=1S/C13H21ClN2/c1-3-16(4-2)10-9-13(15)11-7-5-6-8-12(11)14/h5-8,13H,3-4,9-10,15H2,1-2H3. The number of benzene rings is 1. The zero-order valence-electron chi connectivity index (χ0n) is 10.1. The van der Waals surface area contributed by atoms with Crippen LogP contribution in [-0.2, 0) is 0 Å². The van der Waals surface area contributed by atoms with E-state index in [1.54, 1.807) is 0 Å². The van der Waals surface area contributed by atoms with Crippen LogP contribution in [0.3, 0.4) is 0 Å². The molecule has 16 heavy (non-hydrogen) atoms. The van der Waals surface area contributed by atoms with E-state index in [9.17, 15) is 0 Å². The van der Waals surface area contributed by atoms with Crippen LogP contribution in [0.25, 0.3) is 0 Å². The number of hydrogen-bond acceptors (Lipinski definition) is 2. The van der Waals surface area contributed by atoms with Crippen molar-refractivity contribution in [1.82, 2.24) is 4.90 Å². The van der Waals surface area contributed by atoms with Crippen molar-refractivity contribution in [3.05, 3.63) is 34.9 Å². The van der Waals surface area contributed by atoms with Crippen LogP contribution in [0.1, 0.15) is 31.9 Å². The highest BCUT2D eigenvalue weighted by molar-refractivity contribution is 6.31. The molecule has 0 saturated heterocycles. The van der Waals surface area contributed by atoms with E-state index in [4.69, 9.17) is 17.3 Å². The molecule has 0 saturated carbocycles. The van der Waals surface area contributed by atoms with Crippen LogP contribution in [0.2, 0.25) is 5.02 Å². The third kappa shape index (κ3) is 3.78. The first kappa shape index (κ1) is 13.5. The predicted octanol–water partition coefficient (Wildman–Crippen LogP) is 3.07. The summed E-state index contributed by atoms with van der Waals surface area (Å²) in [5, 5.41) is 0.773. The number of rotatable bonds is 6. The molecule has 1 atom stereocenters. The fraction of sp³-hybridized carbons (Fsp3) is 0.538. The summed E-state index contributed by atoms with van der Waals surface area (Å²) in [7, 11) is 0. The highest BCUT2D eigenvalue weighted by Crippen LogP contribution is 2.23. The van der Waals surface area contributed by atoms with Crippen molar-refractivity contribution >= 4 is 11.6 Å². The average molecular weight is 241 g/mol. The Kier molecular flexibility index (Phi) is 5.81. The monoisotopic (exact) mass is 240 g/mol. The maximum Gasteiger partial charge on any atom is 0.0453 e. The minimum Gasteiger partial charge on any atom is -0.324 e. The Morgan fingerprint density at radius 3 is 2.44 bits per heavy atom. The molecular formula is C13H21ClN2. The molecule has 3 heteroatoms. The van der Waals surface area contributed by atoms with Gasteiger partial charge in [0.2, 0.25) is 0 Å². The summed E-state index contributed by atoms with van der Waals surface area (Å²) < 4.78 is 0. The van der Waals surface area contributed by atoms with Crippen LogP contribution in [-0.4, -0.2) is 24.5 Å². The summed E-state index contributed by atoms with van der Waals surface area (Å²) in [6.45, 7) is 7.52. The zero-order chi connectivity index (χ0) is 12.0. The molecule has 0 aromatic heterocycles. The number of nitrogens with two attached hydrogens (primary N) is 1. The molecule has 1 unspecified atom stereocenters. The van der Waals surface area contributed by atoms with Crippen molar-refractivity contribution in [3.63, 3.8) is 0 Å². The van der Waals surface area contributed by atoms with Gasteiger partial charge in [-0.05, 0) is 37.7 Å². The largest absolute Gasteiger partial charge is 0.324 e. The summed E-state index contributed by atoms with van der Waals surface area (Å²) >= 11 is 6.11. The molecule has 0 fully saturated rings. The fourth-order valence-corrected chi connectivity index (χ4v) is 2.07. The summed E-state index contributed by atoms with van der Waals surface area (Å²) in [6, 6.07) is 7.86. The summed E-state index contributed by atoms with van der Waals surface area (Å²) in [6.07, 6.45) is 0.950. The third-order valence-electron chi connectivity index (χ3n) is 2.96. The molecular weight excluding hydrogens is 220 g/mol. The molecule has 0 aliphatic rings. The van der Waals surface area contributed by atoms with Crippen LogP contribution in [0.5, 0.6) is 0 Å². The molecule has 0 heterocycles. The van der Waals surface area contributed by atoms with E-state index in [1.807, 2.05) is 24.3 Å². The van der Waals surface area contributed by atoms with Crippen molar-refractivity contribution in [3.8, 4) is 0 Å². The van der Waals surface area contributed by atoms with Crippen LogP contribution in [0, 0.1) is 0 Å². The average Bonchev–Trinajstić information content (AvgIpc) is 2.30. The lowest BCUT2D eigenvalue weighted by Crippen LogP contribution is -2.27. The summed E-state index contributed by atoms with van der Waals surface area (Å²) in [5.74, 6) is 0. The van der Waals surface area contributed by atoms with Crippen molar-refractivity contribution in [1.29, 1.82) is 0 Å². The number of hydrogen-bond donors (Lipinski definition) is 1. The second-order valence-electron chi connectivity index (χ2n) is 3.94. The molecule has 1 rings (SSSR count). The Balaban J connectivity index is 2.52. The molecule has 0 aliphatic heterocycles. The smallest absolute Gasteiger partial charge is 0.0453 e. The van der Waals surface area contributed by atoms with Gasteiger partial charge in [0.25, 0.3) is 0 Å². The molecule has 0 spiro atoms. The quantitative estimate of drug-likeness (QED) is 0.828. The normalized spacial score (nSPS) is 13.1. The predicted molar refractivity (Wildman–Crippen MR) is 70.8 cm³/mol. The van der Waals surface area contributed by atoms with E-state index in [-0.39, 0.29) is 6.04 Å². The molecule has 2 nitrogen and oxygen atoms in total. The zero-order valence-corrected chi connectivity index (χ0v) is 10.9. The van der Waals surface area contributed by atoms with Crippen molar-refractivity contribution in [2.45, 2.75) is 26.3 Å². The van der Waals surface area contributed by atoms with Crippen molar-refractivity contribution < 1.29 is 0 Å². The Bertz CT molecular complexity index is 311. The van der Waals surface area contributed by atoms with E-state index in [0.717, 1.165) is 36.6 Å². The fourth-order valence-electron chi connectivity index (χ4n) is 1.79. The maximum atomic E-state index is 6.14. The minimum absolute atomic E-state index is 0.0364. The van der Waals surface area contributed by atoms with E-state index in [0.29, 0.717) is 0 Å². The van der Waals surface area contributed by atoms with Gasteiger partial charge >= 0.3 is 0 Å². The lowest BCUT2D eigenvalue weighted by Gasteiger charge is -2.21.